The molecule has 6 heteroatoms. The number of H-pyrrole nitrogens is 1. The number of pyridine rings is 2. The molecule has 0 aliphatic carbocycles. The van der Waals surface area contributed by atoms with Gasteiger partial charge in [-0.15, -0.1) is 0 Å². The van der Waals surface area contributed by atoms with Crippen LogP contribution in [0.1, 0.15) is 0 Å². The molecule has 0 fully saturated rings. The molecule has 0 aliphatic rings. The lowest BCUT2D eigenvalue weighted by Gasteiger charge is -2.03. The molecule has 1 N–H and O–H groups in total. The molecule has 5 nitrogen and oxygen atoms in total. The van der Waals surface area contributed by atoms with E-state index in [0.717, 1.165) is 21.9 Å². The monoisotopic (exact) mass is 310 g/mol. The Morgan fingerprint density at radius 1 is 1.14 bits per heavy atom. The fraction of sp³-hybridized carbons (Fsp3) is 0.0625. The van der Waals surface area contributed by atoms with Crippen LogP contribution in [0.25, 0.3) is 33.1 Å². The Balaban J connectivity index is 1.96. The number of aromatic nitrogens is 4. The number of aryl methyl sites for hydroxylation is 1. The minimum absolute atomic E-state index is 0.189. The van der Waals surface area contributed by atoms with Gasteiger partial charge in [0.25, 0.3) is 5.56 Å². The number of rotatable bonds is 1. The molecule has 1 aromatic carbocycles. The number of benzene rings is 1. The molecule has 0 bridgehead atoms. The van der Waals surface area contributed by atoms with Gasteiger partial charge >= 0.3 is 0 Å². The van der Waals surface area contributed by atoms with Gasteiger partial charge in [-0.05, 0) is 35.9 Å². The van der Waals surface area contributed by atoms with Gasteiger partial charge in [-0.1, -0.05) is 17.7 Å². The number of halogens is 1. The summed E-state index contributed by atoms with van der Waals surface area (Å²) in [6.07, 6.45) is 1.93. The van der Waals surface area contributed by atoms with E-state index in [9.17, 15) is 4.79 Å². The van der Waals surface area contributed by atoms with Gasteiger partial charge in [-0.2, -0.15) is 5.10 Å². The normalized spacial score (nSPS) is 11.4. The molecule has 0 atom stereocenters. The van der Waals surface area contributed by atoms with Crippen LogP contribution in [0.2, 0.25) is 5.15 Å². The molecule has 0 radical (unpaired) electrons. The van der Waals surface area contributed by atoms with Crippen molar-refractivity contribution in [1.29, 1.82) is 0 Å². The second-order valence-corrected chi connectivity index (χ2v) is 5.55. The van der Waals surface area contributed by atoms with Gasteiger partial charge in [0.05, 0.1) is 5.52 Å². The van der Waals surface area contributed by atoms with Crippen LogP contribution < -0.4 is 5.56 Å². The molecule has 3 aromatic heterocycles. The number of hydrogen-bond acceptors (Lipinski definition) is 3. The summed E-state index contributed by atoms with van der Waals surface area (Å²) in [5.41, 5.74) is 2.65. The molecule has 0 unspecified atom stereocenters. The highest BCUT2D eigenvalue weighted by Gasteiger charge is 2.08. The highest BCUT2D eigenvalue weighted by atomic mass is 35.5. The SMILES string of the molecule is Cn1cc2cc(-c3cc4ccc(Cl)nc4[nH]c3=O)ccc2n1. The molecule has 4 aromatic rings. The summed E-state index contributed by atoms with van der Waals surface area (Å²) in [7, 11) is 1.87. The van der Waals surface area contributed by atoms with Crippen molar-refractivity contribution in [2.24, 2.45) is 7.05 Å². The van der Waals surface area contributed by atoms with Gasteiger partial charge in [0.15, 0.2) is 0 Å². The molecular formula is C16H11ClN4O. The van der Waals surface area contributed by atoms with Crippen molar-refractivity contribution in [2.75, 3.05) is 0 Å². The largest absolute Gasteiger partial charge is 0.306 e. The van der Waals surface area contributed by atoms with Gasteiger partial charge in [0, 0.05) is 29.6 Å². The van der Waals surface area contributed by atoms with E-state index in [1.54, 1.807) is 10.7 Å². The maximum absolute atomic E-state index is 12.3. The van der Waals surface area contributed by atoms with Crippen molar-refractivity contribution < 1.29 is 0 Å². The number of nitrogens with one attached hydrogen (secondary N) is 1. The predicted octanol–water partition coefficient (Wildman–Crippen LogP) is 3.13. The third-order valence-electron chi connectivity index (χ3n) is 3.60. The number of aromatic amines is 1. The molecule has 3 heterocycles. The average molecular weight is 311 g/mol. The van der Waals surface area contributed by atoms with Gasteiger partial charge < -0.3 is 4.98 Å². The zero-order valence-electron chi connectivity index (χ0n) is 11.7. The summed E-state index contributed by atoms with van der Waals surface area (Å²) in [5, 5.41) is 6.52. The minimum Gasteiger partial charge on any atom is -0.306 e. The van der Waals surface area contributed by atoms with Crippen LogP contribution >= 0.6 is 11.6 Å². The fourth-order valence-corrected chi connectivity index (χ4v) is 2.74. The lowest BCUT2D eigenvalue weighted by atomic mass is 10.0. The first-order valence-corrected chi connectivity index (χ1v) is 7.11. The molecule has 22 heavy (non-hydrogen) atoms. The van der Waals surface area contributed by atoms with E-state index in [-0.39, 0.29) is 5.56 Å². The first kappa shape index (κ1) is 13.0. The molecule has 0 saturated carbocycles. The second kappa shape index (κ2) is 4.68. The Labute approximate surface area is 130 Å². The lowest BCUT2D eigenvalue weighted by molar-refractivity contribution is 0.780. The zero-order chi connectivity index (χ0) is 15.3. The standard InChI is InChI=1S/C16H11ClN4O/c1-21-8-11-6-9(2-4-13(11)20-21)12-7-10-3-5-14(17)18-15(10)19-16(12)22/h2-8H,1H3,(H,18,19,22). The molecule has 4 rings (SSSR count). The van der Waals surface area contributed by atoms with Gasteiger partial charge in [-0.25, -0.2) is 4.98 Å². The van der Waals surface area contributed by atoms with Gasteiger partial charge in [0.2, 0.25) is 0 Å². The van der Waals surface area contributed by atoms with Crippen molar-refractivity contribution in [3.63, 3.8) is 0 Å². The predicted molar refractivity (Wildman–Crippen MR) is 87.1 cm³/mol. The first-order chi connectivity index (χ1) is 10.6. The van der Waals surface area contributed by atoms with Crippen LogP contribution in [0.3, 0.4) is 0 Å². The van der Waals surface area contributed by atoms with E-state index in [1.807, 2.05) is 43.6 Å². The van der Waals surface area contributed by atoms with E-state index in [1.165, 1.54) is 0 Å². The Morgan fingerprint density at radius 3 is 2.86 bits per heavy atom. The minimum atomic E-state index is -0.189. The first-order valence-electron chi connectivity index (χ1n) is 6.73. The Kier molecular flexibility index (Phi) is 2.77. The Hall–Kier alpha value is -2.66. The number of fused-ring (bicyclic) bond motifs is 2. The van der Waals surface area contributed by atoms with Crippen LogP contribution in [-0.2, 0) is 7.05 Å². The van der Waals surface area contributed by atoms with Gasteiger partial charge in [0.1, 0.15) is 10.8 Å². The maximum Gasteiger partial charge on any atom is 0.257 e. The topological polar surface area (TPSA) is 63.6 Å². The second-order valence-electron chi connectivity index (χ2n) is 5.16. The van der Waals surface area contributed by atoms with Crippen molar-refractivity contribution in [1.82, 2.24) is 19.7 Å². The van der Waals surface area contributed by atoms with Crippen LogP contribution in [0, 0.1) is 0 Å². The van der Waals surface area contributed by atoms with E-state index in [0.29, 0.717) is 16.4 Å². The average Bonchev–Trinajstić information content (AvgIpc) is 2.85. The fourth-order valence-electron chi connectivity index (χ4n) is 2.59. The summed E-state index contributed by atoms with van der Waals surface area (Å²) >= 11 is 5.85. The summed E-state index contributed by atoms with van der Waals surface area (Å²) in [5.74, 6) is 0. The van der Waals surface area contributed by atoms with E-state index in [4.69, 9.17) is 11.6 Å². The van der Waals surface area contributed by atoms with E-state index in [2.05, 4.69) is 15.1 Å². The molecule has 0 saturated heterocycles. The van der Waals surface area contributed by atoms with E-state index < -0.39 is 0 Å². The molecular weight excluding hydrogens is 300 g/mol. The molecule has 108 valence electrons. The van der Waals surface area contributed by atoms with Crippen LogP contribution in [0.4, 0.5) is 0 Å². The van der Waals surface area contributed by atoms with Crippen molar-refractivity contribution >= 4 is 33.5 Å². The molecule has 0 spiro atoms. The van der Waals surface area contributed by atoms with Crippen molar-refractivity contribution in [3.8, 4) is 11.1 Å². The molecule has 0 aliphatic heterocycles. The highest BCUT2D eigenvalue weighted by Crippen LogP contribution is 2.23. The summed E-state index contributed by atoms with van der Waals surface area (Å²) in [6, 6.07) is 11.1. The third-order valence-corrected chi connectivity index (χ3v) is 3.81. The van der Waals surface area contributed by atoms with E-state index >= 15 is 0 Å². The number of nitrogens with zero attached hydrogens (tertiary/aromatic N) is 3. The van der Waals surface area contributed by atoms with Crippen LogP contribution in [0.5, 0.6) is 0 Å². The van der Waals surface area contributed by atoms with Crippen LogP contribution in [0.15, 0.2) is 47.4 Å². The zero-order valence-corrected chi connectivity index (χ0v) is 12.4. The Bertz CT molecular complexity index is 1080. The smallest absolute Gasteiger partial charge is 0.257 e. The summed E-state index contributed by atoms with van der Waals surface area (Å²) < 4.78 is 1.75. The Morgan fingerprint density at radius 2 is 2.00 bits per heavy atom. The molecule has 0 amide bonds. The quantitative estimate of drug-likeness (QED) is 0.549. The third kappa shape index (κ3) is 2.07. The number of hydrogen-bond donors (Lipinski definition) is 1. The van der Waals surface area contributed by atoms with Crippen LogP contribution in [-0.4, -0.2) is 19.7 Å². The van der Waals surface area contributed by atoms with Gasteiger partial charge in [-0.3, -0.25) is 9.48 Å². The van der Waals surface area contributed by atoms with Crippen molar-refractivity contribution in [3.05, 3.63) is 58.1 Å². The summed E-state index contributed by atoms with van der Waals surface area (Å²) in [4.78, 5) is 19.2. The lowest BCUT2D eigenvalue weighted by Crippen LogP contribution is -2.09. The maximum atomic E-state index is 12.3. The van der Waals surface area contributed by atoms with Crippen molar-refractivity contribution in [2.45, 2.75) is 0 Å². The highest BCUT2D eigenvalue weighted by molar-refractivity contribution is 6.29. The summed E-state index contributed by atoms with van der Waals surface area (Å²) in [6.45, 7) is 0.